The molecule has 1 aliphatic rings. The van der Waals surface area contributed by atoms with Gasteiger partial charge in [0.05, 0.1) is 11.5 Å². The molecule has 0 radical (unpaired) electrons. The SMILES string of the molecule is CCOC(=O)[C@@H](C)N1C(=O)S/C(=C\c2ccc(-c3cccc(Br)c3)o2)C1=O. The molecule has 0 aliphatic carbocycles. The van der Waals surface area contributed by atoms with Crippen molar-refractivity contribution < 1.29 is 23.5 Å². The number of imide groups is 1. The third-order valence-corrected chi connectivity index (χ3v) is 5.22. The molecule has 1 aromatic heterocycles. The largest absolute Gasteiger partial charge is 0.464 e. The van der Waals surface area contributed by atoms with Gasteiger partial charge in [-0.3, -0.25) is 14.5 Å². The van der Waals surface area contributed by atoms with Crippen molar-refractivity contribution in [3.05, 3.63) is 51.5 Å². The molecule has 2 amide bonds. The predicted molar refractivity (Wildman–Crippen MR) is 106 cm³/mol. The molecule has 2 aromatic rings. The number of halogens is 1. The zero-order valence-corrected chi connectivity index (χ0v) is 17.0. The average molecular weight is 450 g/mol. The van der Waals surface area contributed by atoms with Crippen LogP contribution in [0.25, 0.3) is 17.4 Å². The number of nitrogens with zero attached hydrogens (tertiary/aromatic N) is 1. The van der Waals surface area contributed by atoms with Crippen LogP contribution in [0.2, 0.25) is 0 Å². The fraction of sp³-hybridized carbons (Fsp3) is 0.211. The molecule has 8 heteroatoms. The van der Waals surface area contributed by atoms with E-state index < -0.39 is 23.2 Å². The fourth-order valence-electron chi connectivity index (χ4n) is 2.54. The fourth-order valence-corrected chi connectivity index (χ4v) is 3.83. The molecule has 140 valence electrons. The lowest BCUT2D eigenvalue weighted by molar-refractivity contribution is -0.150. The molecule has 1 aromatic carbocycles. The number of rotatable bonds is 5. The number of thioether (sulfide) groups is 1. The van der Waals surface area contributed by atoms with Crippen molar-refractivity contribution in [3.8, 4) is 11.3 Å². The highest BCUT2D eigenvalue weighted by Gasteiger charge is 2.41. The van der Waals surface area contributed by atoms with Crippen LogP contribution in [0, 0.1) is 0 Å². The summed E-state index contributed by atoms with van der Waals surface area (Å²) in [5.41, 5.74) is 0.882. The Morgan fingerprint density at radius 3 is 2.81 bits per heavy atom. The van der Waals surface area contributed by atoms with Gasteiger partial charge in [-0.2, -0.15) is 0 Å². The second kappa shape index (κ2) is 8.14. The quantitative estimate of drug-likeness (QED) is 0.486. The van der Waals surface area contributed by atoms with Crippen molar-refractivity contribution in [2.75, 3.05) is 6.61 Å². The molecule has 0 N–H and O–H groups in total. The van der Waals surface area contributed by atoms with E-state index in [-0.39, 0.29) is 11.5 Å². The summed E-state index contributed by atoms with van der Waals surface area (Å²) in [5, 5.41) is -0.509. The van der Waals surface area contributed by atoms with Crippen LogP contribution >= 0.6 is 27.7 Å². The van der Waals surface area contributed by atoms with Crippen molar-refractivity contribution in [2.24, 2.45) is 0 Å². The smallest absolute Gasteiger partial charge is 0.329 e. The first-order valence-corrected chi connectivity index (χ1v) is 9.81. The van der Waals surface area contributed by atoms with Crippen molar-refractivity contribution in [3.63, 3.8) is 0 Å². The van der Waals surface area contributed by atoms with Gasteiger partial charge in [0.15, 0.2) is 0 Å². The van der Waals surface area contributed by atoms with E-state index in [0.29, 0.717) is 11.5 Å². The highest BCUT2D eigenvalue weighted by atomic mass is 79.9. The number of carbonyl (C=O) groups excluding carboxylic acids is 3. The highest BCUT2D eigenvalue weighted by molar-refractivity contribution is 9.10. The molecule has 0 spiro atoms. The molecule has 1 fully saturated rings. The lowest BCUT2D eigenvalue weighted by atomic mass is 10.2. The van der Waals surface area contributed by atoms with Gasteiger partial charge in [-0.05, 0) is 49.9 Å². The van der Waals surface area contributed by atoms with E-state index >= 15 is 0 Å². The molecule has 2 heterocycles. The molecule has 6 nitrogen and oxygen atoms in total. The Balaban J connectivity index is 1.81. The van der Waals surface area contributed by atoms with Gasteiger partial charge in [0, 0.05) is 16.1 Å². The van der Waals surface area contributed by atoms with Crippen LogP contribution in [0.4, 0.5) is 4.79 Å². The zero-order chi connectivity index (χ0) is 19.6. The Hall–Kier alpha value is -2.32. The summed E-state index contributed by atoms with van der Waals surface area (Å²) in [6.45, 7) is 3.31. The van der Waals surface area contributed by atoms with Gasteiger partial charge >= 0.3 is 5.97 Å². The van der Waals surface area contributed by atoms with Gasteiger partial charge in [-0.1, -0.05) is 28.1 Å². The van der Waals surface area contributed by atoms with Crippen LogP contribution in [0.3, 0.4) is 0 Å². The molecule has 27 heavy (non-hydrogen) atoms. The Labute approximate surface area is 168 Å². The summed E-state index contributed by atoms with van der Waals surface area (Å²) in [6, 6.07) is 10.2. The minimum absolute atomic E-state index is 0.181. The number of hydrogen-bond donors (Lipinski definition) is 0. The average Bonchev–Trinajstić information content (AvgIpc) is 3.20. The van der Waals surface area contributed by atoms with E-state index in [1.54, 1.807) is 19.1 Å². The number of benzene rings is 1. The van der Waals surface area contributed by atoms with Crippen LogP contribution in [0.15, 0.2) is 50.2 Å². The zero-order valence-electron chi connectivity index (χ0n) is 14.6. The van der Waals surface area contributed by atoms with Crippen LogP contribution in [-0.2, 0) is 14.3 Å². The van der Waals surface area contributed by atoms with Gasteiger partial charge in [-0.15, -0.1) is 0 Å². The molecule has 1 atom stereocenters. The molecular weight excluding hydrogens is 434 g/mol. The topological polar surface area (TPSA) is 76.8 Å². The Morgan fingerprint density at radius 2 is 2.11 bits per heavy atom. The second-order valence-corrected chi connectivity index (χ2v) is 7.60. The lowest BCUT2D eigenvalue weighted by Gasteiger charge is -2.19. The van der Waals surface area contributed by atoms with Crippen molar-refractivity contribution in [1.29, 1.82) is 0 Å². The minimum Gasteiger partial charge on any atom is -0.464 e. The highest BCUT2D eigenvalue weighted by Crippen LogP contribution is 2.35. The van der Waals surface area contributed by atoms with E-state index in [0.717, 1.165) is 26.7 Å². The van der Waals surface area contributed by atoms with Crippen molar-refractivity contribution in [2.45, 2.75) is 19.9 Å². The summed E-state index contributed by atoms with van der Waals surface area (Å²) in [6.07, 6.45) is 1.50. The van der Waals surface area contributed by atoms with Gasteiger partial charge in [-0.25, -0.2) is 4.79 Å². The van der Waals surface area contributed by atoms with Crippen molar-refractivity contribution >= 4 is 50.9 Å². The molecule has 1 saturated heterocycles. The second-order valence-electron chi connectivity index (χ2n) is 5.69. The summed E-state index contributed by atoms with van der Waals surface area (Å²) in [4.78, 5) is 37.7. The minimum atomic E-state index is -0.975. The molecule has 0 saturated carbocycles. The van der Waals surface area contributed by atoms with E-state index in [1.807, 2.05) is 24.3 Å². The normalized spacial score (nSPS) is 16.9. The predicted octanol–water partition coefficient (Wildman–Crippen LogP) is 4.70. The van der Waals surface area contributed by atoms with Gasteiger partial charge in [0.2, 0.25) is 0 Å². The maximum Gasteiger partial charge on any atom is 0.329 e. The number of ether oxygens (including phenoxy) is 1. The molecule has 0 unspecified atom stereocenters. The third kappa shape index (κ3) is 4.17. The Kier molecular flexibility index (Phi) is 5.86. The molecule has 1 aliphatic heterocycles. The van der Waals surface area contributed by atoms with Crippen LogP contribution in [-0.4, -0.2) is 34.7 Å². The van der Waals surface area contributed by atoms with E-state index in [1.165, 1.54) is 13.0 Å². The monoisotopic (exact) mass is 449 g/mol. The van der Waals surface area contributed by atoms with E-state index in [9.17, 15) is 14.4 Å². The third-order valence-electron chi connectivity index (χ3n) is 3.85. The van der Waals surface area contributed by atoms with Gasteiger partial charge < -0.3 is 9.15 Å². The Morgan fingerprint density at radius 1 is 1.33 bits per heavy atom. The summed E-state index contributed by atoms with van der Waals surface area (Å²) in [5.74, 6) is -0.0668. The summed E-state index contributed by atoms with van der Waals surface area (Å²) >= 11 is 4.18. The number of amides is 2. The standard InChI is InChI=1S/C19H16BrNO5S/c1-3-25-18(23)11(2)21-17(22)16(27-19(21)24)10-14-7-8-15(26-14)12-5-4-6-13(20)9-12/h4-11H,3H2,1-2H3/b16-10-/t11-/m1/s1. The molecule has 3 rings (SSSR count). The van der Waals surface area contributed by atoms with Crippen LogP contribution in [0.1, 0.15) is 19.6 Å². The lowest BCUT2D eigenvalue weighted by Crippen LogP contribution is -2.42. The molecule has 0 bridgehead atoms. The van der Waals surface area contributed by atoms with Crippen LogP contribution < -0.4 is 0 Å². The number of carbonyl (C=O) groups is 3. The van der Waals surface area contributed by atoms with Crippen LogP contribution in [0.5, 0.6) is 0 Å². The van der Waals surface area contributed by atoms with E-state index in [2.05, 4.69) is 15.9 Å². The van der Waals surface area contributed by atoms with Gasteiger partial charge in [0.25, 0.3) is 11.1 Å². The first-order valence-electron chi connectivity index (χ1n) is 8.20. The van der Waals surface area contributed by atoms with E-state index in [4.69, 9.17) is 9.15 Å². The summed E-state index contributed by atoms with van der Waals surface area (Å²) in [7, 11) is 0. The number of hydrogen-bond acceptors (Lipinski definition) is 6. The van der Waals surface area contributed by atoms with Gasteiger partial charge in [0.1, 0.15) is 17.6 Å². The Bertz CT molecular complexity index is 936. The van der Waals surface area contributed by atoms with Crippen molar-refractivity contribution in [1.82, 2.24) is 4.90 Å². The first-order chi connectivity index (χ1) is 12.9. The maximum absolute atomic E-state index is 12.6. The number of furan rings is 1. The summed E-state index contributed by atoms with van der Waals surface area (Å²) < 4.78 is 11.6. The number of esters is 1. The maximum atomic E-state index is 12.6. The molecular formula is C19H16BrNO5S. The first kappa shape index (κ1) is 19.4.